The maximum atomic E-state index is 13.0. The second-order valence-corrected chi connectivity index (χ2v) is 7.49. The first-order chi connectivity index (χ1) is 10.1. The number of nitrogens with one attached hydrogen (secondary N) is 1. The van der Waals surface area contributed by atoms with Crippen molar-refractivity contribution in [1.82, 2.24) is 10.2 Å². The fourth-order valence-electron chi connectivity index (χ4n) is 1.81. The zero-order chi connectivity index (χ0) is 16.9. The van der Waals surface area contributed by atoms with Crippen molar-refractivity contribution in [2.24, 2.45) is 0 Å². The number of carbonyl (C=O) groups is 1. The second-order valence-electron chi connectivity index (χ2n) is 5.10. The lowest BCUT2D eigenvalue weighted by atomic mass is 10.2. The summed E-state index contributed by atoms with van der Waals surface area (Å²) in [6.45, 7) is 3.11. The number of rotatable bonds is 6. The van der Waals surface area contributed by atoms with Gasteiger partial charge in [0, 0.05) is 31.5 Å². The van der Waals surface area contributed by atoms with E-state index < -0.39 is 33.5 Å². The van der Waals surface area contributed by atoms with Crippen LogP contribution in [0.5, 0.6) is 0 Å². The lowest BCUT2D eigenvalue weighted by molar-refractivity contribution is 0.197. The zero-order valence-electron chi connectivity index (χ0n) is 12.8. The van der Waals surface area contributed by atoms with Gasteiger partial charge >= 0.3 is 6.03 Å². The number of hydrogen-bond donors (Lipinski definition) is 1. The molecule has 0 aliphatic heterocycles. The molecular weight excluding hydrogens is 314 g/mol. The fourth-order valence-corrected chi connectivity index (χ4v) is 3.01. The van der Waals surface area contributed by atoms with Gasteiger partial charge in [-0.2, -0.15) is 0 Å². The Bertz CT molecular complexity index is 615. The number of halogens is 2. The van der Waals surface area contributed by atoms with E-state index in [1.807, 2.05) is 0 Å². The van der Waals surface area contributed by atoms with E-state index in [0.717, 1.165) is 18.2 Å². The normalized spacial score (nSPS) is 12.8. The van der Waals surface area contributed by atoms with Gasteiger partial charge in [0.2, 0.25) is 0 Å². The van der Waals surface area contributed by atoms with E-state index in [-0.39, 0.29) is 23.6 Å². The average Bonchev–Trinajstić information content (AvgIpc) is 2.42. The van der Waals surface area contributed by atoms with Gasteiger partial charge in [0.05, 0.1) is 5.75 Å². The highest BCUT2D eigenvalue weighted by molar-refractivity contribution is 7.91. The van der Waals surface area contributed by atoms with E-state index in [1.165, 1.54) is 11.9 Å². The standard InChI is InChI=1S/C14H20F2N2O3S/c1-4-22(20,21)9-10(2)18(3)14(19)17-8-11-5-12(15)7-13(16)6-11/h5-7,10H,4,8-9H2,1-3H3,(H,17,19)/t10-/m1/s1. The monoisotopic (exact) mass is 334 g/mol. The van der Waals surface area contributed by atoms with E-state index in [0.29, 0.717) is 0 Å². The summed E-state index contributed by atoms with van der Waals surface area (Å²) in [5.41, 5.74) is 0.285. The minimum atomic E-state index is -3.20. The topological polar surface area (TPSA) is 66.5 Å². The molecule has 1 N–H and O–H groups in total. The van der Waals surface area contributed by atoms with Crippen molar-refractivity contribution in [3.05, 3.63) is 35.4 Å². The number of amides is 2. The van der Waals surface area contributed by atoms with Gasteiger partial charge in [0.1, 0.15) is 11.6 Å². The molecule has 22 heavy (non-hydrogen) atoms. The molecule has 0 fully saturated rings. The molecular formula is C14H20F2N2O3S. The maximum absolute atomic E-state index is 13.0. The molecule has 0 saturated heterocycles. The predicted molar refractivity (Wildman–Crippen MR) is 80.1 cm³/mol. The van der Waals surface area contributed by atoms with Gasteiger partial charge in [0.15, 0.2) is 9.84 Å². The van der Waals surface area contributed by atoms with Crippen molar-refractivity contribution >= 4 is 15.9 Å². The van der Waals surface area contributed by atoms with Crippen LogP contribution in [-0.4, -0.2) is 43.9 Å². The third-order valence-corrected chi connectivity index (χ3v) is 5.15. The van der Waals surface area contributed by atoms with Crippen molar-refractivity contribution in [2.75, 3.05) is 18.6 Å². The first kappa shape index (κ1) is 18.3. The molecule has 0 spiro atoms. The molecule has 0 unspecified atom stereocenters. The molecule has 0 radical (unpaired) electrons. The molecule has 0 bridgehead atoms. The largest absolute Gasteiger partial charge is 0.334 e. The van der Waals surface area contributed by atoms with Crippen LogP contribution in [0.2, 0.25) is 0 Å². The summed E-state index contributed by atoms with van der Waals surface area (Å²) in [6, 6.07) is 1.97. The Balaban J connectivity index is 2.60. The minimum Gasteiger partial charge on any atom is -0.334 e. The number of hydrogen-bond acceptors (Lipinski definition) is 3. The first-order valence-corrected chi connectivity index (χ1v) is 8.63. The minimum absolute atomic E-state index is 0.00929. The molecule has 0 saturated carbocycles. The van der Waals surface area contributed by atoms with Crippen LogP contribution >= 0.6 is 0 Å². The average molecular weight is 334 g/mol. The highest BCUT2D eigenvalue weighted by Crippen LogP contribution is 2.08. The third-order valence-electron chi connectivity index (χ3n) is 3.28. The molecule has 0 aromatic heterocycles. The van der Waals surface area contributed by atoms with Crippen LogP contribution in [0.25, 0.3) is 0 Å². The summed E-state index contributed by atoms with van der Waals surface area (Å²) < 4.78 is 49.2. The van der Waals surface area contributed by atoms with Gasteiger partial charge in [0.25, 0.3) is 0 Å². The first-order valence-electron chi connectivity index (χ1n) is 6.80. The fraction of sp³-hybridized carbons (Fsp3) is 0.500. The van der Waals surface area contributed by atoms with Gasteiger partial charge in [-0.3, -0.25) is 0 Å². The van der Waals surface area contributed by atoms with Crippen LogP contribution in [0.3, 0.4) is 0 Å². The van der Waals surface area contributed by atoms with Gasteiger partial charge in [-0.1, -0.05) is 6.92 Å². The summed E-state index contributed by atoms with van der Waals surface area (Å²) in [6.07, 6.45) is 0. The summed E-state index contributed by atoms with van der Waals surface area (Å²) in [5, 5.41) is 2.50. The van der Waals surface area contributed by atoms with Crippen molar-refractivity contribution in [1.29, 1.82) is 0 Å². The number of urea groups is 1. The smallest absolute Gasteiger partial charge is 0.317 e. The zero-order valence-corrected chi connectivity index (χ0v) is 13.6. The molecule has 124 valence electrons. The Morgan fingerprint density at radius 1 is 1.27 bits per heavy atom. The summed E-state index contributed by atoms with van der Waals surface area (Å²) in [4.78, 5) is 13.2. The Labute approximate surface area is 129 Å². The molecule has 0 aliphatic carbocycles. The summed E-state index contributed by atoms with van der Waals surface area (Å²) >= 11 is 0. The highest BCUT2D eigenvalue weighted by atomic mass is 32.2. The van der Waals surface area contributed by atoms with Crippen molar-refractivity contribution in [2.45, 2.75) is 26.4 Å². The van der Waals surface area contributed by atoms with Crippen molar-refractivity contribution < 1.29 is 22.0 Å². The Morgan fingerprint density at radius 2 is 1.82 bits per heavy atom. The molecule has 1 atom stereocenters. The molecule has 0 aliphatic rings. The van der Waals surface area contributed by atoms with Crippen LogP contribution in [0.4, 0.5) is 13.6 Å². The van der Waals surface area contributed by atoms with Crippen molar-refractivity contribution in [3.8, 4) is 0 Å². The quantitative estimate of drug-likeness (QED) is 0.864. The van der Waals surface area contributed by atoms with Gasteiger partial charge in [-0.05, 0) is 24.6 Å². The molecule has 1 aromatic rings. The molecule has 1 aromatic carbocycles. The van der Waals surface area contributed by atoms with Crippen LogP contribution < -0.4 is 5.32 Å². The van der Waals surface area contributed by atoms with E-state index >= 15 is 0 Å². The lowest BCUT2D eigenvalue weighted by Gasteiger charge is -2.25. The number of nitrogens with zero attached hydrogens (tertiary/aromatic N) is 1. The van der Waals surface area contributed by atoms with Crippen molar-refractivity contribution in [3.63, 3.8) is 0 Å². The maximum Gasteiger partial charge on any atom is 0.317 e. The van der Waals surface area contributed by atoms with E-state index in [9.17, 15) is 22.0 Å². The Hall–Kier alpha value is -1.70. The van der Waals surface area contributed by atoms with E-state index in [2.05, 4.69) is 5.32 Å². The number of benzene rings is 1. The van der Waals surface area contributed by atoms with E-state index in [4.69, 9.17) is 0 Å². The Morgan fingerprint density at radius 3 is 2.32 bits per heavy atom. The SMILES string of the molecule is CCS(=O)(=O)C[C@@H](C)N(C)C(=O)NCc1cc(F)cc(F)c1. The van der Waals surface area contributed by atoms with Gasteiger partial charge in [-0.25, -0.2) is 22.0 Å². The third kappa shape index (κ3) is 5.59. The lowest BCUT2D eigenvalue weighted by Crippen LogP contribution is -2.45. The van der Waals surface area contributed by atoms with Gasteiger partial charge in [-0.15, -0.1) is 0 Å². The number of sulfone groups is 1. The molecule has 5 nitrogen and oxygen atoms in total. The van der Waals surface area contributed by atoms with Crippen LogP contribution in [0.1, 0.15) is 19.4 Å². The summed E-state index contributed by atoms with van der Waals surface area (Å²) in [5.74, 6) is -1.57. The second kappa shape index (κ2) is 7.53. The number of carbonyl (C=O) groups excluding carboxylic acids is 1. The van der Waals surface area contributed by atoms with Crippen LogP contribution in [0.15, 0.2) is 18.2 Å². The van der Waals surface area contributed by atoms with Gasteiger partial charge < -0.3 is 10.2 Å². The predicted octanol–water partition coefficient (Wildman–Crippen LogP) is 1.93. The summed E-state index contributed by atoms with van der Waals surface area (Å²) in [7, 11) is -1.73. The molecule has 1 rings (SSSR count). The molecule has 8 heteroatoms. The molecule has 0 heterocycles. The Kier molecular flexibility index (Phi) is 6.28. The highest BCUT2D eigenvalue weighted by Gasteiger charge is 2.21. The molecule has 2 amide bonds. The van der Waals surface area contributed by atoms with E-state index in [1.54, 1.807) is 13.8 Å². The van der Waals surface area contributed by atoms with Crippen LogP contribution in [0, 0.1) is 11.6 Å². The van der Waals surface area contributed by atoms with Crippen LogP contribution in [-0.2, 0) is 16.4 Å².